The highest BCUT2D eigenvalue weighted by Gasteiger charge is 2.16. The third kappa shape index (κ3) is 2.83. The van der Waals surface area contributed by atoms with Crippen molar-refractivity contribution >= 4 is 39.7 Å². The first-order valence-electron chi connectivity index (χ1n) is 8.21. The summed E-state index contributed by atoms with van der Waals surface area (Å²) in [4.78, 5) is 9.15. The van der Waals surface area contributed by atoms with Crippen LogP contribution >= 0.6 is 11.6 Å². The van der Waals surface area contributed by atoms with E-state index in [4.69, 9.17) is 16.6 Å². The molecule has 0 unspecified atom stereocenters. The van der Waals surface area contributed by atoms with Gasteiger partial charge in [0.15, 0.2) is 5.82 Å². The molecule has 1 N–H and O–H groups in total. The van der Waals surface area contributed by atoms with Crippen molar-refractivity contribution in [3.63, 3.8) is 0 Å². The van der Waals surface area contributed by atoms with Crippen LogP contribution in [0.25, 0.3) is 16.6 Å². The second kappa shape index (κ2) is 5.74. The summed E-state index contributed by atoms with van der Waals surface area (Å²) >= 11 is 6.29. The Bertz CT molecular complexity index is 1080. The van der Waals surface area contributed by atoms with E-state index >= 15 is 0 Å². The van der Waals surface area contributed by atoms with Gasteiger partial charge in [0.05, 0.1) is 34.3 Å². The standard InChI is InChI=1S/C20H19ClN4/c1-20(2,3)13-8-9-17-16(10-13)24-19(18-11-22-12-25(17)18)23-15-7-5-4-6-14(15)21/h4-12H,1-3H3,(H,23,24). The summed E-state index contributed by atoms with van der Waals surface area (Å²) in [6, 6.07) is 14.1. The van der Waals surface area contributed by atoms with Crippen molar-refractivity contribution in [2.45, 2.75) is 26.2 Å². The van der Waals surface area contributed by atoms with Gasteiger partial charge < -0.3 is 5.32 Å². The fraction of sp³-hybridized carbons (Fsp3) is 0.200. The van der Waals surface area contributed by atoms with Gasteiger partial charge in [0.1, 0.15) is 5.52 Å². The van der Waals surface area contributed by atoms with Crippen LogP contribution in [0.1, 0.15) is 26.3 Å². The zero-order valence-electron chi connectivity index (χ0n) is 14.4. The molecule has 0 aliphatic carbocycles. The number of para-hydroxylation sites is 1. The summed E-state index contributed by atoms with van der Waals surface area (Å²) in [5, 5.41) is 4.01. The normalized spacial score (nSPS) is 12.0. The van der Waals surface area contributed by atoms with Gasteiger partial charge in [-0.3, -0.25) is 4.40 Å². The predicted molar refractivity (Wildman–Crippen MR) is 104 cm³/mol. The monoisotopic (exact) mass is 350 g/mol. The Morgan fingerprint density at radius 3 is 2.60 bits per heavy atom. The average molecular weight is 351 g/mol. The van der Waals surface area contributed by atoms with Crippen molar-refractivity contribution in [3.05, 3.63) is 65.6 Å². The Hall–Kier alpha value is -2.59. The minimum Gasteiger partial charge on any atom is -0.337 e. The van der Waals surface area contributed by atoms with Crippen molar-refractivity contribution in [2.75, 3.05) is 5.32 Å². The summed E-state index contributed by atoms with van der Waals surface area (Å²) < 4.78 is 2.05. The number of halogens is 1. The first-order valence-corrected chi connectivity index (χ1v) is 8.59. The van der Waals surface area contributed by atoms with E-state index in [1.807, 2.05) is 41.2 Å². The van der Waals surface area contributed by atoms with Crippen LogP contribution in [0, 0.1) is 0 Å². The molecule has 0 spiro atoms. The number of imidazole rings is 1. The van der Waals surface area contributed by atoms with Crippen LogP contribution < -0.4 is 5.32 Å². The van der Waals surface area contributed by atoms with Crippen molar-refractivity contribution < 1.29 is 0 Å². The SMILES string of the molecule is CC(C)(C)c1ccc2c(c1)nc(Nc1ccccc1Cl)c1cncn12. The summed E-state index contributed by atoms with van der Waals surface area (Å²) in [5.74, 6) is 0.740. The lowest BCUT2D eigenvalue weighted by molar-refractivity contribution is 0.591. The van der Waals surface area contributed by atoms with Crippen LogP contribution in [0.3, 0.4) is 0 Å². The summed E-state index contributed by atoms with van der Waals surface area (Å²) in [5.41, 5.74) is 5.01. The Labute approximate surface area is 151 Å². The molecule has 0 aliphatic heterocycles. The van der Waals surface area contributed by atoms with Crippen LogP contribution in [0.2, 0.25) is 5.02 Å². The Balaban J connectivity index is 1.93. The molecule has 0 fully saturated rings. The van der Waals surface area contributed by atoms with Crippen molar-refractivity contribution in [1.29, 1.82) is 0 Å². The maximum atomic E-state index is 6.29. The molecule has 0 amide bonds. The van der Waals surface area contributed by atoms with E-state index in [9.17, 15) is 0 Å². The molecular formula is C20H19ClN4. The maximum absolute atomic E-state index is 6.29. The fourth-order valence-corrected chi connectivity index (χ4v) is 3.09. The van der Waals surface area contributed by atoms with E-state index < -0.39 is 0 Å². The number of hydrogen-bond donors (Lipinski definition) is 1. The molecule has 25 heavy (non-hydrogen) atoms. The van der Waals surface area contributed by atoms with Gasteiger partial charge in [0, 0.05) is 0 Å². The van der Waals surface area contributed by atoms with Gasteiger partial charge >= 0.3 is 0 Å². The van der Waals surface area contributed by atoms with Crippen molar-refractivity contribution in [1.82, 2.24) is 14.4 Å². The lowest BCUT2D eigenvalue weighted by atomic mass is 9.87. The Kier molecular flexibility index (Phi) is 3.65. The van der Waals surface area contributed by atoms with Crippen LogP contribution in [-0.2, 0) is 5.41 Å². The van der Waals surface area contributed by atoms with Gasteiger partial charge in [-0.25, -0.2) is 9.97 Å². The minimum atomic E-state index is 0.0656. The van der Waals surface area contributed by atoms with Crippen LogP contribution in [-0.4, -0.2) is 14.4 Å². The number of rotatable bonds is 2. The van der Waals surface area contributed by atoms with Gasteiger partial charge in [-0.15, -0.1) is 0 Å². The number of hydrogen-bond acceptors (Lipinski definition) is 3. The lowest BCUT2D eigenvalue weighted by Gasteiger charge is -2.20. The van der Waals surface area contributed by atoms with E-state index in [0.29, 0.717) is 5.02 Å². The predicted octanol–water partition coefficient (Wildman–Crippen LogP) is 5.58. The number of fused-ring (bicyclic) bond motifs is 3. The number of benzene rings is 2. The zero-order valence-corrected chi connectivity index (χ0v) is 15.2. The molecule has 5 heteroatoms. The first-order chi connectivity index (χ1) is 11.9. The van der Waals surface area contributed by atoms with E-state index in [1.165, 1.54) is 5.56 Å². The number of aromatic nitrogens is 3. The van der Waals surface area contributed by atoms with E-state index in [-0.39, 0.29) is 5.41 Å². The number of nitrogens with one attached hydrogen (secondary N) is 1. The quantitative estimate of drug-likeness (QED) is 0.513. The molecule has 4 aromatic rings. The highest BCUT2D eigenvalue weighted by Crippen LogP contribution is 2.30. The molecule has 0 aliphatic rings. The first kappa shape index (κ1) is 15.9. The van der Waals surface area contributed by atoms with Gasteiger partial charge in [0.25, 0.3) is 0 Å². The lowest BCUT2D eigenvalue weighted by Crippen LogP contribution is -2.11. The number of nitrogens with zero attached hydrogens (tertiary/aromatic N) is 3. The van der Waals surface area contributed by atoms with Crippen LogP contribution in [0.5, 0.6) is 0 Å². The highest BCUT2D eigenvalue weighted by molar-refractivity contribution is 6.33. The molecule has 0 bridgehead atoms. The zero-order chi connectivity index (χ0) is 17.6. The molecule has 4 nitrogen and oxygen atoms in total. The third-order valence-electron chi connectivity index (χ3n) is 4.34. The maximum Gasteiger partial charge on any atom is 0.157 e. The van der Waals surface area contributed by atoms with E-state index in [2.05, 4.69) is 49.3 Å². The molecule has 2 aromatic carbocycles. The Morgan fingerprint density at radius 2 is 1.84 bits per heavy atom. The van der Waals surface area contributed by atoms with Crippen LogP contribution in [0.15, 0.2) is 55.0 Å². The van der Waals surface area contributed by atoms with Crippen molar-refractivity contribution in [2.24, 2.45) is 0 Å². The van der Waals surface area contributed by atoms with Gasteiger partial charge in [-0.05, 0) is 35.2 Å². The topological polar surface area (TPSA) is 42.2 Å². The molecule has 0 saturated heterocycles. The minimum absolute atomic E-state index is 0.0656. The van der Waals surface area contributed by atoms with E-state index in [0.717, 1.165) is 28.1 Å². The molecule has 126 valence electrons. The molecule has 2 aromatic heterocycles. The summed E-state index contributed by atoms with van der Waals surface area (Å²) in [6.45, 7) is 6.60. The third-order valence-corrected chi connectivity index (χ3v) is 4.67. The smallest absolute Gasteiger partial charge is 0.157 e. The Morgan fingerprint density at radius 1 is 1.04 bits per heavy atom. The number of anilines is 2. The largest absolute Gasteiger partial charge is 0.337 e. The molecular weight excluding hydrogens is 332 g/mol. The molecule has 0 saturated carbocycles. The second-order valence-corrected chi connectivity index (χ2v) is 7.57. The fourth-order valence-electron chi connectivity index (χ4n) is 2.91. The van der Waals surface area contributed by atoms with Crippen LogP contribution in [0.4, 0.5) is 11.5 Å². The molecule has 4 rings (SSSR count). The molecule has 0 radical (unpaired) electrons. The highest BCUT2D eigenvalue weighted by atomic mass is 35.5. The van der Waals surface area contributed by atoms with Crippen molar-refractivity contribution in [3.8, 4) is 0 Å². The van der Waals surface area contributed by atoms with E-state index in [1.54, 1.807) is 0 Å². The average Bonchev–Trinajstić information content (AvgIpc) is 3.06. The second-order valence-electron chi connectivity index (χ2n) is 7.17. The molecule has 2 heterocycles. The molecule has 0 atom stereocenters. The summed E-state index contributed by atoms with van der Waals surface area (Å²) in [7, 11) is 0. The summed E-state index contributed by atoms with van der Waals surface area (Å²) in [6.07, 6.45) is 3.62. The van der Waals surface area contributed by atoms with Gasteiger partial charge in [-0.1, -0.05) is 50.6 Å². The van der Waals surface area contributed by atoms with Gasteiger partial charge in [0.2, 0.25) is 0 Å². The van der Waals surface area contributed by atoms with Gasteiger partial charge in [-0.2, -0.15) is 0 Å².